The van der Waals surface area contributed by atoms with Crippen molar-refractivity contribution in [2.24, 2.45) is 0 Å². The van der Waals surface area contributed by atoms with Gasteiger partial charge in [-0.1, -0.05) is 12.2 Å². The fourth-order valence-corrected chi connectivity index (χ4v) is 2.93. The van der Waals surface area contributed by atoms with Crippen molar-refractivity contribution in [1.82, 2.24) is 9.80 Å². The fourth-order valence-electron chi connectivity index (χ4n) is 2.93. The molecule has 2 heteroatoms. The van der Waals surface area contributed by atoms with Crippen LogP contribution < -0.4 is 0 Å². The van der Waals surface area contributed by atoms with Gasteiger partial charge in [-0.3, -0.25) is 4.90 Å². The quantitative estimate of drug-likeness (QED) is 0.702. The van der Waals surface area contributed by atoms with Crippen LogP contribution in [0.1, 0.15) is 32.6 Å². The summed E-state index contributed by atoms with van der Waals surface area (Å²) in [6.45, 7) is 7.27. The lowest BCUT2D eigenvalue weighted by atomic mass is 10.0. The molecular formula is C14H22N2. The van der Waals surface area contributed by atoms with Gasteiger partial charge in [-0.25, -0.2) is 0 Å². The molecule has 0 aromatic heterocycles. The molecule has 0 aromatic carbocycles. The Labute approximate surface area is 98.6 Å². The molecule has 0 N–H and O–H groups in total. The van der Waals surface area contributed by atoms with E-state index in [2.05, 4.69) is 28.9 Å². The molecule has 3 rings (SSSR count). The summed E-state index contributed by atoms with van der Waals surface area (Å²) in [5.41, 5.74) is 3.01. The summed E-state index contributed by atoms with van der Waals surface area (Å²) in [7, 11) is 0. The minimum atomic E-state index is 0.944. The first-order valence-corrected chi connectivity index (χ1v) is 6.71. The highest BCUT2D eigenvalue weighted by molar-refractivity contribution is 5.31. The minimum Gasteiger partial charge on any atom is -0.369 e. The molecule has 0 amide bonds. The normalized spacial score (nSPS) is 27.7. The summed E-state index contributed by atoms with van der Waals surface area (Å²) < 4.78 is 0. The Balaban J connectivity index is 1.60. The van der Waals surface area contributed by atoms with E-state index in [9.17, 15) is 0 Å². The Morgan fingerprint density at radius 1 is 1.00 bits per heavy atom. The molecule has 0 unspecified atom stereocenters. The van der Waals surface area contributed by atoms with Gasteiger partial charge in [0, 0.05) is 37.9 Å². The van der Waals surface area contributed by atoms with Gasteiger partial charge >= 0.3 is 0 Å². The maximum atomic E-state index is 2.68. The maximum Gasteiger partial charge on any atom is 0.0353 e. The van der Waals surface area contributed by atoms with Gasteiger partial charge in [0.25, 0.3) is 0 Å². The Bertz CT molecular complexity index is 318. The van der Waals surface area contributed by atoms with Crippen LogP contribution in [-0.4, -0.2) is 42.0 Å². The third kappa shape index (κ3) is 2.03. The summed E-state index contributed by atoms with van der Waals surface area (Å²) in [5, 5.41) is 0. The number of hydrogen-bond acceptors (Lipinski definition) is 2. The van der Waals surface area contributed by atoms with Gasteiger partial charge in [0.15, 0.2) is 0 Å². The zero-order valence-corrected chi connectivity index (χ0v) is 10.3. The zero-order chi connectivity index (χ0) is 11.0. The monoisotopic (exact) mass is 218 g/mol. The van der Waals surface area contributed by atoms with E-state index in [0.29, 0.717) is 0 Å². The SMILES string of the molecule is CC1=CCCC=C1N1CCN(C2CC2)CC1. The summed E-state index contributed by atoms with van der Waals surface area (Å²) in [4.78, 5) is 5.27. The maximum absolute atomic E-state index is 2.68. The van der Waals surface area contributed by atoms with Crippen molar-refractivity contribution in [3.8, 4) is 0 Å². The lowest BCUT2D eigenvalue weighted by molar-refractivity contribution is 0.153. The molecule has 1 saturated heterocycles. The van der Waals surface area contributed by atoms with Crippen molar-refractivity contribution in [3.63, 3.8) is 0 Å². The van der Waals surface area contributed by atoms with Gasteiger partial charge in [0.2, 0.25) is 0 Å². The molecule has 3 aliphatic rings. The third-order valence-electron chi connectivity index (χ3n) is 4.08. The summed E-state index contributed by atoms with van der Waals surface area (Å²) in [6, 6.07) is 0.944. The van der Waals surface area contributed by atoms with Crippen LogP contribution >= 0.6 is 0 Å². The summed E-state index contributed by atoms with van der Waals surface area (Å²) in [5.74, 6) is 0. The summed E-state index contributed by atoms with van der Waals surface area (Å²) >= 11 is 0. The second-order valence-electron chi connectivity index (χ2n) is 5.31. The van der Waals surface area contributed by atoms with Gasteiger partial charge in [-0.05, 0) is 38.2 Å². The molecule has 2 nitrogen and oxygen atoms in total. The van der Waals surface area contributed by atoms with Gasteiger partial charge in [0.1, 0.15) is 0 Å². The first-order chi connectivity index (χ1) is 7.84. The third-order valence-corrected chi connectivity index (χ3v) is 4.08. The Morgan fingerprint density at radius 2 is 1.69 bits per heavy atom. The smallest absolute Gasteiger partial charge is 0.0353 e. The first-order valence-electron chi connectivity index (χ1n) is 6.71. The lowest BCUT2D eigenvalue weighted by Crippen LogP contribution is -2.46. The fraction of sp³-hybridized carbons (Fsp3) is 0.714. The van der Waals surface area contributed by atoms with Crippen molar-refractivity contribution in [1.29, 1.82) is 0 Å². The summed E-state index contributed by atoms with van der Waals surface area (Å²) in [6.07, 6.45) is 10.2. The van der Waals surface area contributed by atoms with Crippen LogP contribution in [0.2, 0.25) is 0 Å². The first kappa shape index (κ1) is 10.4. The highest BCUT2D eigenvalue weighted by atomic mass is 15.3. The molecule has 1 saturated carbocycles. The van der Waals surface area contributed by atoms with Gasteiger partial charge in [-0.2, -0.15) is 0 Å². The molecule has 0 radical (unpaired) electrons. The Hall–Kier alpha value is -0.760. The highest BCUT2D eigenvalue weighted by Gasteiger charge is 2.31. The van der Waals surface area contributed by atoms with E-state index in [1.165, 1.54) is 63.1 Å². The highest BCUT2D eigenvalue weighted by Crippen LogP contribution is 2.29. The number of allylic oxidation sites excluding steroid dienone is 3. The number of nitrogens with zero attached hydrogens (tertiary/aromatic N) is 2. The molecule has 1 aliphatic heterocycles. The molecule has 88 valence electrons. The molecule has 0 spiro atoms. The molecule has 2 fully saturated rings. The van der Waals surface area contributed by atoms with Crippen LogP contribution in [0.4, 0.5) is 0 Å². The van der Waals surface area contributed by atoms with E-state index in [1.54, 1.807) is 0 Å². The van der Waals surface area contributed by atoms with Crippen molar-refractivity contribution < 1.29 is 0 Å². The molecular weight excluding hydrogens is 196 g/mol. The zero-order valence-electron chi connectivity index (χ0n) is 10.3. The van der Waals surface area contributed by atoms with Crippen LogP contribution in [-0.2, 0) is 0 Å². The van der Waals surface area contributed by atoms with Crippen LogP contribution in [0.3, 0.4) is 0 Å². The van der Waals surface area contributed by atoms with E-state index in [1.807, 2.05) is 0 Å². The van der Waals surface area contributed by atoms with Gasteiger partial charge < -0.3 is 4.90 Å². The van der Waals surface area contributed by atoms with Crippen molar-refractivity contribution in [3.05, 3.63) is 23.4 Å². The number of piperazine rings is 1. The average molecular weight is 218 g/mol. The Morgan fingerprint density at radius 3 is 2.31 bits per heavy atom. The lowest BCUT2D eigenvalue weighted by Gasteiger charge is -2.38. The van der Waals surface area contributed by atoms with Gasteiger partial charge in [0.05, 0.1) is 0 Å². The van der Waals surface area contributed by atoms with Crippen molar-refractivity contribution in [2.75, 3.05) is 26.2 Å². The molecule has 0 atom stereocenters. The number of hydrogen-bond donors (Lipinski definition) is 0. The molecule has 16 heavy (non-hydrogen) atoms. The topological polar surface area (TPSA) is 6.48 Å². The number of rotatable bonds is 2. The minimum absolute atomic E-state index is 0.944. The predicted octanol–water partition coefficient (Wildman–Crippen LogP) is 2.39. The van der Waals surface area contributed by atoms with E-state index in [-0.39, 0.29) is 0 Å². The van der Waals surface area contributed by atoms with E-state index in [4.69, 9.17) is 0 Å². The van der Waals surface area contributed by atoms with Gasteiger partial charge in [-0.15, -0.1) is 0 Å². The van der Waals surface area contributed by atoms with Crippen LogP contribution in [0, 0.1) is 0 Å². The van der Waals surface area contributed by atoms with Crippen LogP contribution in [0.15, 0.2) is 23.4 Å². The molecule has 1 heterocycles. The molecule has 2 aliphatic carbocycles. The molecule has 0 aromatic rings. The molecule has 0 bridgehead atoms. The van der Waals surface area contributed by atoms with Crippen molar-refractivity contribution >= 4 is 0 Å². The van der Waals surface area contributed by atoms with E-state index < -0.39 is 0 Å². The van der Waals surface area contributed by atoms with Crippen LogP contribution in [0.5, 0.6) is 0 Å². The largest absolute Gasteiger partial charge is 0.369 e. The van der Waals surface area contributed by atoms with E-state index in [0.717, 1.165) is 6.04 Å². The second kappa shape index (κ2) is 4.25. The second-order valence-corrected chi connectivity index (χ2v) is 5.31. The van der Waals surface area contributed by atoms with Crippen LogP contribution in [0.25, 0.3) is 0 Å². The average Bonchev–Trinajstić information content (AvgIpc) is 3.14. The standard InChI is InChI=1S/C14H22N2/c1-12-4-2-3-5-14(12)16-10-8-15(9-11-16)13-6-7-13/h4-5,13H,2-3,6-11H2,1H3. The van der Waals surface area contributed by atoms with E-state index >= 15 is 0 Å². The Kier molecular flexibility index (Phi) is 2.76. The van der Waals surface area contributed by atoms with Crippen molar-refractivity contribution in [2.45, 2.75) is 38.6 Å². The predicted molar refractivity (Wildman–Crippen MR) is 67.2 cm³/mol.